The quantitative estimate of drug-likeness (QED) is 0.748. The first-order chi connectivity index (χ1) is 12.0. The molecule has 2 N–H and O–H groups in total. The number of rotatable bonds is 7. The van der Waals surface area contributed by atoms with Crippen molar-refractivity contribution in [3.63, 3.8) is 0 Å². The monoisotopic (exact) mass is 357 g/mol. The molecule has 0 aliphatic carbocycles. The van der Waals surface area contributed by atoms with Crippen LogP contribution in [-0.4, -0.2) is 43.6 Å². The lowest BCUT2D eigenvalue weighted by Crippen LogP contribution is -2.29. The van der Waals surface area contributed by atoms with E-state index in [4.69, 9.17) is 0 Å². The van der Waals surface area contributed by atoms with Gasteiger partial charge in [-0.15, -0.1) is 11.8 Å². The molecular formula is C19H23N3O2S. The van der Waals surface area contributed by atoms with Crippen molar-refractivity contribution in [3.8, 4) is 0 Å². The zero-order chi connectivity index (χ0) is 18.2. The van der Waals surface area contributed by atoms with Crippen molar-refractivity contribution in [1.29, 1.82) is 0 Å². The maximum Gasteiger partial charge on any atom is 0.251 e. The summed E-state index contributed by atoms with van der Waals surface area (Å²) in [6.07, 6.45) is 2.05. The van der Waals surface area contributed by atoms with Gasteiger partial charge in [0.15, 0.2) is 0 Å². The van der Waals surface area contributed by atoms with Gasteiger partial charge in [0.25, 0.3) is 5.91 Å². The summed E-state index contributed by atoms with van der Waals surface area (Å²) in [5, 5.41) is 5.41. The first-order valence-electron chi connectivity index (χ1n) is 7.95. The Bertz CT molecular complexity index is 714. The number of anilines is 1. The van der Waals surface area contributed by atoms with Crippen LogP contribution in [0.5, 0.6) is 0 Å². The zero-order valence-corrected chi connectivity index (χ0v) is 15.5. The second kappa shape index (κ2) is 9.25. The third-order valence-electron chi connectivity index (χ3n) is 3.68. The van der Waals surface area contributed by atoms with E-state index in [0.717, 1.165) is 0 Å². The van der Waals surface area contributed by atoms with E-state index >= 15 is 0 Å². The van der Waals surface area contributed by atoms with Gasteiger partial charge in [-0.25, -0.2) is 0 Å². The molecule has 0 fully saturated rings. The fraction of sp³-hybridized carbons (Fsp3) is 0.263. The van der Waals surface area contributed by atoms with Crippen LogP contribution >= 0.6 is 11.8 Å². The van der Waals surface area contributed by atoms with Gasteiger partial charge in [0, 0.05) is 29.7 Å². The Balaban J connectivity index is 1.85. The number of nitrogens with zero attached hydrogens (tertiary/aromatic N) is 1. The average Bonchev–Trinajstić information content (AvgIpc) is 2.62. The van der Waals surface area contributed by atoms with Crippen LogP contribution in [0.1, 0.15) is 15.9 Å². The second-order valence-corrected chi connectivity index (χ2v) is 6.60. The molecule has 2 amide bonds. The molecule has 2 aromatic carbocycles. The highest BCUT2D eigenvalue weighted by atomic mass is 32.2. The van der Waals surface area contributed by atoms with Gasteiger partial charge in [0.05, 0.1) is 6.54 Å². The third-order valence-corrected chi connectivity index (χ3v) is 4.43. The summed E-state index contributed by atoms with van der Waals surface area (Å²) in [4.78, 5) is 26.8. The third kappa shape index (κ3) is 5.92. The maximum atomic E-state index is 12.2. The van der Waals surface area contributed by atoms with Gasteiger partial charge in [-0.05, 0) is 55.3 Å². The highest BCUT2D eigenvalue weighted by molar-refractivity contribution is 7.98. The van der Waals surface area contributed by atoms with Crippen LogP contribution in [0.25, 0.3) is 0 Å². The summed E-state index contributed by atoms with van der Waals surface area (Å²) < 4.78 is 0. The van der Waals surface area contributed by atoms with Crippen LogP contribution in [0.15, 0.2) is 53.4 Å². The van der Waals surface area contributed by atoms with Crippen molar-refractivity contribution in [2.75, 3.05) is 32.2 Å². The minimum atomic E-state index is -0.148. The van der Waals surface area contributed by atoms with Crippen LogP contribution in [0.2, 0.25) is 0 Å². The number of carbonyl (C=O) groups is 2. The van der Waals surface area contributed by atoms with Gasteiger partial charge >= 0.3 is 0 Å². The molecule has 2 rings (SSSR count). The molecule has 5 nitrogen and oxygen atoms in total. The average molecular weight is 357 g/mol. The van der Waals surface area contributed by atoms with Crippen LogP contribution in [0.4, 0.5) is 5.69 Å². The molecule has 25 heavy (non-hydrogen) atoms. The van der Waals surface area contributed by atoms with E-state index in [1.165, 1.54) is 10.5 Å². The summed E-state index contributed by atoms with van der Waals surface area (Å²) in [7, 11) is 3.50. The van der Waals surface area contributed by atoms with Crippen molar-refractivity contribution in [3.05, 3.63) is 59.7 Å². The van der Waals surface area contributed by atoms with Crippen LogP contribution in [-0.2, 0) is 11.3 Å². The Morgan fingerprint density at radius 2 is 1.68 bits per heavy atom. The van der Waals surface area contributed by atoms with Crippen LogP contribution in [0, 0.1) is 0 Å². The predicted molar refractivity (Wildman–Crippen MR) is 103 cm³/mol. The van der Waals surface area contributed by atoms with Crippen molar-refractivity contribution in [2.45, 2.75) is 11.4 Å². The molecule has 0 unspecified atom stereocenters. The molecule has 0 heterocycles. The Morgan fingerprint density at radius 3 is 2.24 bits per heavy atom. The number of hydrogen-bond acceptors (Lipinski definition) is 4. The molecule has 6 heteroatoms. The molecule has 132 valence electrons. The smallest absolute Gasteiger partial charge is 0.251 e. The Hall–Kier alpha value is -2.31. The van der Waals surface area contributed by atoms with Crippen molar-refractivity contribution < 1.29 is 9.59 Å². The minimum Gasteiger partial charge on any atom is -0.355 e. The van der Waals surface area contributed by atoms with Gasteiger partial charge in [-0.1, -0.05) is 12.1 Å². The Kier molecular flexibility index (Phi) is 7.03. The molecule has 0 aliphatic heterocycles. The number of likely N-dealkylation sites (N-methyl/N-ethyl adjacent to an activating group) is 1. The van der Waals surface area contributed by atoms with E-state index in [1.54, 1.807) is 43.1 Å². The molecule has 2 aromatic rings. The van der Waals surface area contributed by atoms with Crippen molar-refractivity contribution >= 4 is 29.3 Å². The Labute approximate surface area is 152 Å². The summed E-state index contributed by atoms with van der Waals surface area (Å²) in [6, 6.07) is 15.2. The molecule has 0 saturated carbocycles. The zero-order valence-electron chi connectivity index (χ0n) is 14.7. The van der Waals surface area contributed by atoms with Gasteiger partial charge in [0.1, 0.15) is 0 Å². The van der Waals surface area contributed by atoms with E-state index in [2.05, 4.69) is 34.9 Å². The van der Waals surface area contributed by atoms with Crippen LogP contribution in [0.3, 0.4) is 0 Å². The first kappa shape index (κ1) is 19.0. The van der Waals surface area contributed by atoms with Gasteiger partial charge < -0.3 is 10.6 Å². The van der Waals surface area contributed by atoms with Crippen molar-refractivity contribution in [2.24, 2.45) is 0 Å². The van der Waals surface area contributed by atoms with E-state index < -0.39 is 0 Å². The van der Waals surface area contributed by atoms with E-state index in [1.807, 2.05) is 18.2 Å². The largest absolute Gasteiger partial charge is 0.355 e. The topological polar surface area (TPSA) is 61.4 Å². The normalized spacial score (nSPS) is 10.6. The Morgan fingerprint density at radius 1 is 1.04 bits per heavy atom. The molecule has 0 saturated heterocycles. The molecule has 0 bridgehead atoms. The maximum absolute atomic E-state index is 12.2. The number of amides is 2. The van der Waals surface area contributed by atoms with Crippen molar-refractivity contribution in [1.82, 2.24) is 10.2 Å². The lowest BCUT2D eigenvalue weighted by Gasteiger charge is -2.16. The lowest BCUT2D eigenvalue weighted by molar-refractivity contribution is -0.117. The molecule has 0 aromatic heterocycles. The van der Waals surface area contributed by atoms with E-state index in [-0.39, 0.29) is 11.8 Å². The highest BCUT2D eigenvalue weighted by Gasteiger charge is 2.09. The molecule has 0 aliphatic rings. The highest BCUT2D eigenvalue weighted by Crippen LogP contribution is 2.15. The lowest BCUT2D eigenvalue weighted by atomic mass is 10.2. The second-order valence-electron chi connectivity index (χ2n) is 5.73. The summed E-state index contributed by atoms with van der Waals surface area (Å²) in [6.45, 7) is 0.999. The minimum absolute atomic E-state index is 0.0871. The molecular weight excluding hydrogens is 334 g/mol. The SMILES string of the molecule is CNC(=O)c1ccc(NC(=O)CN(C)Cc2ccc(SC)cc2)cc1. The van der Waals surface area contributed by atoms with Gasteiger partial charge in [-0.2, -0.15) is 0 Å². The van der Waals surface area contributed by atoms with Gasteiger partial charge in [-0.3, -0.25) is 14.5 Å². The summed E-state index contributed by atoms with van der Waals surface area (Å²) in [5.41, 5.74) is 2.41. The molecule has 0 radical (unpaired) electrons. The number of carbonyl (C=O) groups excluding carboxylic acids is 2. The fourth-order valence-corrected chi connectivity index (χ4v) is 2.80. The first-order valence-corrected chi connectivity index (χ1v) is 9.17. The summed E-state index contributed by atoms with van der Waals surface area (Å²) in [5.74, 6) is -0.235. The number of thioether (sulfide) groups is 1. The molecule has 0 atom stereocenters. The number of benzene rings is 2. The summed E-state index contributed by atoms with van der Waals surface area (Å²) >= 11 is 1.71. The van der Waals surface area contributed by atoms with Crippen LogP contribution < -0.4 is 10.6 Å². The predicted octanol–water partition coefficient (Wildman–Crippen LogP) is 2.84. The number of hydrogen-bond donors (Lipinski definition) is 2. The molecule has 0 spiro atoms. The number of nitrogens with one attached hydrogen (secondary N) is 2. The van der Waals surface area contributed by atoms with E-state index in [9.17, 15) is 9.59 Å². The van der Waals surface area contributed by atoms with E-state index in [0.29, 0.717) is 24.3 Å². The fourth-order valence-electron chi connectivity index (χ4n) is 2.39. The standard InChI is InChI=1S/C19H23N3O2S/c1-20-19(24)15-6-8-16(9-7-15)21-18(23)13-22(2)12-14-4-10-17(25-3)11-5-14/h4-11H,12-13H2,1-3H3,(H,20,24)(H,21,23). The van der Waals surface area contributed by atoms with Gasteiger partial charge in [0.2, 0.25) is 5.91 Å².